The summed E-state index contributed by atoms with van der Waals surface area (Å²) in [5, 5.41) is 12.4. The molecule has 156 valence electrons. The molecule has 0 bridgehead atoms. The third-order valence-electron chi connectivity index (χ3n) is 5.26. The molecular weight excluding hydrogens is 396 g/mol. The molecule has 4 rings (SSSR count). The van der Waals surface area contributed by atoms with Crippen LogP contribution >= 0.6 is 11.8 Å². The Kier molecular flexibility index (Phi) is 5.90. The Labute approximate surface area is 180 Å². The first kappa shape index (κ1) is 20.6. The minimum Gasteiger partial charge on any atom is -0.325 e. The fourth-order valence-corrected chi connectivity index (χ4v) is 4.55. The standard InChI is InChI=1S/C22H26N6OS/c1-13-7-9-17(10-8-13)28-20(23)19-15(3)26-27-21(19)25-22(28)30-12-18(29)24-16-6-4-5-14(2)11-16/h4-11,15,19,21,23,26-27H,12H2,1-3H3,(H,24,29). The summed E-state index contributed by atoms with van der Waals surface area (Å²) in [4.78, 5) is 19.2. The summed E-state index contributed by atoms with van der Waals surface area (Å²) in [6, 6.07) is 15.9. The first-order chi connectivity index (χ1) is 14.4. The number of nitrogens with one attached hydrogen (secondary N) is 4. The predicted octanol–water partition coefficient (Wildman–Crippen LogP) is 3.27. The molecule has 1 saturated heterocycles. The highest BCUT2D eigenvalue weighted by molar-refractivity contribution is 8.14. The Morgan fingerprint density at radius 3 is 2.67 bits per heavy atom. The monoisotopic (exact) mass is 422 g/mol. The van der Waals surface area contributed by atoms with Crippen LogP contribution in [0.2, 0.25) is 0 Å². The molecule has 30 heavy (non-hydrogen) atoms. The maximum absolute atomic E-state index is 12.5. The predicted molar refractivity (Wildman–Crippen MR) is 124 cm³/mol. The van der Waals surface area contributed by atoms with Gasteiger partial charge in [0, 0.05) is 17.4 Å². The van der Waals surface area contributed by atoms with Crippen molar-refractivity contribution in [2.24, 2.45) is 10.9 Å². The molecule has 7 nitrogen and oxygen atoms in total. The number of anilines is 2. The molecule has 0 aliphatic carbocycles. The quantitative estimate of drug-likeness (QED) is 0.607. The Hall–Kier alpha value is -2.68. The molecule has 8 heteroatoms. The molecule has 2 heterocycles. The summed E-state index contributed by atoms with van der Waals surface area (Å²) in [7, 11) is 0. The highest BCUT2D eigenvalue weighted by atomic mass is 32.2. The van der Waals surface area contributed by atoms with Gasteiger partial charge in [-0.05, 0) is 50.6 Å². The van der Waals surface area contributed by atoms with Gasteiger partial charge in [0.15, 0.2) is 5.17 Å². The van der Waals surface area contributed by atoms with Crippen LogP contribution in [0, 0.1) is 25.2 Å². The van der Waals surface area contributed by atoms with Gasteiger partial charge in [-0.2, -0.15) is 0 Å². The number of aliphatic imine (C=N–C) groups is 1. The van der Waals surface area contributed by atoms with Gasteiger partial charge in [-0.15, -0.1) is 0 Å². The zero-order valence-electron chi connectivity index (χ0n) is 17.3. The van der Waals surface area contributed by atoms with Gasteiger partial charge in [0.1, 0.15) is 12.0 Å². The second kappa shape index (κ2) is 8.59. The molecule has 4 N–H and O–H groups in total. The number of fused-ring (bicyclic) bond motifs is 1. The minimum absolute atomic E-state index is 0.0724. The van der Waals surface area contributed by atoms with E-state index in [4.69, 9.17) is 10.4 Å². The molecule has 2 aromatic carbocycles. The van der Waals surface area contributed by atoms with Crippen LogP contribution in [-0.2, 0) is 4.79 Å². The summed E-state index contributed by atoms with van der Waals surface area (Å²) in [6.45, 7) is 6.07. The number of thioether (sulfide) groups is 1. The van der Waals surface area contributed by atoms with Gasteiger partial charge in [-0.1, -0.05) is 41.6 Å². The lowest BCUT2D eigenvalue weighted by Crippen LogP contribution is -2.50. The topological polar surface area (TPSA) is 92.6 Å². The number of amidine groups is 2. The Balaban J connectivity index is 1.54. The van der Waals surface area contributed by atoms with Crippen LogP contribution in [0.4, 0.5) is 11.4 Å². The zero-order chi connectivity index (χ0) is 21.3. The van der Waals surface area contributed by atoms with Crippen molar-refractivity contribution in [2.45, 2.75) is 33.0 Å². The first-order valence-corrected chi connectivity index (χ1v) is 10.9. The van der Waals surface area contributed by atoms with Crippen LogP contribution in [0.25, 0.3) is 0 Å². The van der Waals surface area contributed by atoms with Crippen LogP contribution in [0.15, 0.2) is 53.5 Å². The SMILES string of the molecule is Cc1ccc(N2C(=N)C3C(C)NNC3N=C2SCC(=O)Nc2cccc(C)c2)cc1. The van der Waals surface area contributed by atoms with Crippen LogP contribution < -0.4 is 21.1 Å². The second-order valence-corrected chi connectivity index (χ2v) is 8.66. The van der Waals surface area contributed by atoms with Crippen LogP contribution in [0.5, 0.6) is 0 Å². The molecule has 0 saturated carbocycles. The van der Waals surface area contributed by atoms with Crippen LogP contribution in [0.3, 0.4) is 0 Å². The smallest absolute Gasteiger partial charge is 0.234 e. The van der Waals surface area contributed by atoms with E-state index in [9.17, 15) is 4.79 Å². The number of hydrogen-bond donors (Lipinski definition) is 4. The van der Waals surface area contributed by atoms with E-state index in [0.717, 1.165) is 22.5 Å². The number of nitrogens with zero attached hydrogens (tertiary/aromatic N) is 2. The summed E-state index contributed by atoms with van der Waals surface area (Å²) in [5.41, 5.74) is 10.3. The van der Waals surface area contributed by atoms with Crippen molar-refractivity contribution < 1.29 is 4.79 Å². The van der Waals surface area contributed by atoms with E-state index >= 15 is 0 Å². The lowest BCUT2D eigenvalue weighted by atomic mass is 9.97. The molecule has 2 aliphatic heterocycles. The summed E-state index contributed by atoms with van der Waals surface area (Å²) < 4.78 is 0. The number of benzene rings is 2. The number of hydrogen-bond acceptors (Lipinski definition) is 6. The fourth-order valence-electron chi connectivity index (χ4n) is 3.69. The minimum atomic E-state index is -0.212. The van der Waals surface area contributed by atoms with Crippen molar-refractivity contribution >= 4 is 40.0 Å². The number of hydrazine groups is 1. The zero-order valence-corrected chi connectivity index (χ0v) is 18.1. The molecule has 1 fully saturated rings. The maximum atomic E-state index is 12.5. The van der Waals surface area contributed by atoms with E-state index in [1.807, 2.05) is 74.2 Å². The van der Waals surface area contributed by atoms with Gasteiger partial charge in [-0.25, -0.2) is 10.4 Å². The lowest BCUT2D eigenvalue weighted by Gasteiger charge is -2.36. The van der Waals surface area contributed by atoms with Crippen molar-refractivity contribution in [3.05, 3.63) is 59.7 Å². The van der Waals surface area contributed by atoms with Gasteiger partial charge in [0.05, 0.1) is 11.7 Å². The van der Waals surface area contributed by atoms with Crippen molar-refractivity contribution in [3.8, 4) is 0 Å². The molecule has 3 atom stereocenters. The van der Waals surface area contributed by atoms with Gasteiger partial charge in [0.2, 0.25) is 5.91 Å². The summed E-state index contributed by atoms with van der Waals surface area (Å²) in [6.07, 6.45) is -0.212. The molecular formula is C22H26N6OS. The molecule has 2 aliphatic rings. The van der Waals surface area contributed by atoms with E-state index in [2.05, 4.69) is 16.2 Å². The van der Waals surface area contributed by atoms with E-state index in [-0.39, 0.29) is 29.8 Å². The number of carbonyl (C=O) groups excluding carboxylic acids is 1. The Morgan fingerprint density at radius 1 is 1.17 bits per heavy atom. The van der Waals surface area contributed by atoms with E-state index < -0.39 is 0 Å². The third kappa shape index (κ3) is 4.26. The van der Waals surface area contributed by atoms with Gasteiger partial charge >= 0.3 is 0 Å². The van der Waals surface area contributed by atoms with Gasteiger partial charge in [-0.3, -0.25) is 20.5 Å². The first-order valence-electron chi connectivity index (χ1n) is 9.96. The Bertz CT molecular complexity index is 989. The lowest BCUT2D eigenvalue weighted by molar-refractivity contribution is -0.113. The fraction of sp³-hybridized carbons (Fsp3) is 0.318. The average Bonchev–Trinajstić information content (AvgIpc) is 3.08. The number of rotatable bonds is 4. The van der Waals surface area contributed by atoms with Crippen molar-refractivity contribution in [1.82, 2.24) is 10.9 Å². The van der Waals surface area contributed by atoms with Crippen LogP contribution in [0.1, 0.15) is 18.1 Å². The molecule has 0 spiro atoms. The molecule has 3 unspecified atom stereocenters. The molecule has 0 radical (unpaired) electrons. The molecule has 2 aromatic rings. The largest absolute Gasteiger partial charge is 0.325 e. The highest BCUT2D eigenvalue weighted by Crippen LogP contribution is 2.31. The maximum Gasteiger partial charge on any atom is 0.234 e. The normalized spacial score (nSPS) is 23.2. The van der Waals surface area contributed by atoms with E-state index in [1.165, 1.54) is 11.8 Å². The second-order valence-electron chi connectivity index (χ2n) is 7.72. The van der Waals surface area contributed by atoms with Crippen molar-refractivity contribution in [1.29, 1.82) is 5.41 Å². The van der Waals surface area contributed by atoms with Crippen molar-refractivity contribution in [3.63, 3.8) is 0 Å². The number of aryl methyl sites for hydroxylation is 2. The van der Waals surface area contributed by atoms with E-state index in [0.29, 0.717) is 11.0 Å². The molecule has 1 amide bonds. The average molecular weight is 423 g/mol. The number of carbonyl (C=O) groups is 1. The Morgan fingerprint density at radius 2 is 1.93 bits per heavy atom. The summed E-state index contributed by atoms with van der Waals surface area (Å²) >= 11 is 1.35. The highest BCUT2D eigenvalue weighted by Gasteiger charge is 2.43. The molecule has 0 aromatic heterocycles. The van der Waals surface area contributed by atoms with Gasteiger partial charge in [0.25, 0.3) is 0 Å². The van der Waals surface area contributed by atoms with Crippen LogP contribution in [-0.4, -0.2) is 34.9 Å². The van der Waals surface area contributed by atoms with Crippen molar-refractivity contribution in [2.75, 3.05) is 16.0 Å². The van der Waals surface area contributed by atoms with Gasteiger partial charge < -0.3 is 5.32 Å². The number of amides is 1. The van der Waals surface area contributed by atoms with E-state index in [1.54, 1.807) is 0 Å². The third-order valence-corrected chi connectivity index (χ3v) is 6.21. The summed E-state index contributed by atoms with van der Waals surface area (Å²) in [5.74, 6) is 0.516.